The molecule has 1 atom stereocenters. The number of ketones is 1. The minimum atomic E-state index is -0.847. The lowest BCUT2D eigenvalue weighted by Gasteiger charge is -2.34. The van der Waals surface area contributed by atoms with Crippen LogP contribution in [0.25, 0.3) is 0 Å². The second-order valence-corrected chi connectivity index (χ2v) is 5.10. The number of carbonyl (C=O) groups excluding carboxylic acids is 1. The Labute approximate surface area is 124 Å². The molecule has 1 aromatic carbocycles. The summed E-state index contributed by atoms with van der Waals surface area (Å²) >= 11 is 0. The van der Waals surface area contributed by atoms with Crippen LogP contribution in [0.1, 0.15) is 44.0 Å². The van der Waals surface area contributed by atoms with Crippen LogP contribution in [0.2, 0.25) is 0 Å². The van der Waals surface area contributed by atoms with E-state index < -0.39 is 23.5 Å². The maximum Gasteiger partial charge on any atom is 0.182 e. The van der Waals surface area contributed by atoms with Gasteiger partial charge in [0.15, 0.2) is 5.78 Å². The van der Waals surface area contributed by atoms with E-state index in [9.17, 15) is 18.7 Å². The first-order valence-electron chi connectivity index (χ1n) is 7.32. The highest BCUT2D eigenvalue weighted by molar-refractivity contribution is 6.00. The Morgan fingerprint density at radius 2 is 1.90 bits per heavy atom. The van der Waals surface area contributed by atoms with Crippen LogP contribution in [0.3, 0.4) is 0 Å². The van der Waals surface area contributed by atoms with Crippen LogP contribution in [-0.2, 0) is 0 Å². The molecule has 0 fully saturated rings. The van der Waals surface area contributed by atoms with Gasteiger partial charge in [-0.25, -0.2) is 8.78 Å². The largest absolute Gasteiger partial charge is 0.395 e. The zero-order chi connectivity index (χ0) is 16.0. The minimum absolute atomic E-state index is 0.0694. The summed E-state index contributed by atoms with van der Waals surface area (Å²) in [5.41, 5.74) is -0.113. The molecular weight excluding hydrogens is 276 g/mol. The van der Waals surface area contributed by atoms with Crippen molar-refractivity contribution < 1.29 is 18.7 Å². The number of aliphatic hydroxyl groups excluding tert-OH is 1. The Kier molecular flexibility index (Phi) is 6.92. The predicted molar refractivity (Wildman–Crippen MR) is 78.3 cm³/mol. The monoisotopic (exact) mass is 299 g/mol. The number of halogens is 2. The molecule has 0 saturated heterocycles. The number of rotatable bonds is 8. The van der Waals surface area contributed by atoms with Gasteiger partial charge in [0.1, 0.15) is 11.6 Å². The fraction of sp³-hybridized carbons (Fsp3) is 0.562. The molecule has 5 heteroatoms. The van der Waals surface area contributed by atoms with Gasteiger partial charge in [-0.2, -0.15) is 0 Å². The molecule has 0 spiro atoms. The van der Waals surface area contributed by atoms with E-state index >= 15 is 0 Å². The van der Waals surface area contributed by atoms with Crippen molar-refractivity contribution in [1.82, 2.24) is 4.90 Å². The summed E-state index contributed by atoms with van der Waals surface area (Å²) in [6.07, 6.45) is 1.67. The van der Waals surface area contributed by atoms with Gasteiger partial charge in [0.05, 0.1) is 18.2 Å². The maximum absolute atomic E-state index is 13.7. The lowest BCUT2D eigenvalue weighted by atomic mass is 10.00. The average Bonchev–Trinajstić information content (AvgIpc) is 2.46. The highest BCUT2D eigenvalue weighted by atomic mass is 19.1. The fourth-order valence-electron chi connectivity index (χ4n) is 2.63. The minimum Gasteiger partial charge on any atom is -0.395 e. The van der Waals surface area contributed by atoms with Gasteiger partial charge in [0.2, 0.25) is 0 Å². The number of hydrogen-bond donors (Lipinski definition) is 1. The Balaban J connectivity index is 3.01. The van der Waals surface area contributed by atoms with E-state index in [0.717, 1.165) is 18.9 Å². The van der Waals surface area contributed by atoms with Crippen molar-refractivity contribution in [2.45, 2.75) is 45.7 Å². The van der Waals surface area contributed by atoms with Gasteiger partial charge in [0, 0.05) is 18.7 Å². The van der Waals surface area contributed by atoms with Gasteiger partial charge in [-0.15, -0.1) is 0 Å². The van der Waals surface area contributed by atoms with Gasteiger partial charge in [-0.05, 0) is 31.9 Å². The third-order valence-corrected chi connectivity index (χ3v) is 3.84. The Hall–Kier alpha value is -1.33. The zero-order valence-corrected chi connectivity index (χ0v) is 12.8. The molecule has 0 aliphatic heterocycles. The zero-order valence-electron chi connectivity index (χ0n) is 12.8. The lowest BCUT2D eigenvalue weighted by molar-refractivity contribution is 0.0682. The smallest absolute Gasteiger partial charge is 0.182 e. The molecular formula is C16H23F2NO2. The lowest BCUT2D eigenvalue weighted by Crippen LogP contribution is -2.47. The number of nitrogens with zero attached hydrogens (tertiary/aromatic N) is 1. The highest BCUT2D eigenvalue weighted by Gasteiger charge is 2.28. The summed E-state index contributed by atoms with van der Waals surface area (Å²) < 4.78 is 26.7. The van der Waals surface area contributed by atoms with Crippen LogP contribution in [0.5, 0.6) is 0 Å². The van der Waals surface area contributed by atoms with Crippen LogP contribution in [-0.4, -0.2) is 41.0 Å². The van der Waals surface area contributed by atoms with Gasteiger partial charge < -0.3 is 5.11 Å². The summed E-state index contributed by atoms with van der Waals surface area (Å²) in [5, 5.41) is 9.19. The van der Waals surface area contributed by atoms with E-state index in [1.54, 1.807) is 6.92 Å². The summed E-state index contributed by atoms with van der Waals surface area (Å²) in [6.45, 7) is 5.99. The van der Waals surface area contributed by atoms with E-state index in [-0.39, 0.29) is 18.2 Å². The maximum atomic E-state index is 13.7. The Bertz CT molecular complexity index is 475. The fourth-order valence-corrected chi connectivity index (χ4v) is 2.63. The van der Waals surface area contributed by atoms with Crippen molar-refractivity contribution >= 4 is 5.78 Å². The third kappa shape index (κ3) is 4.32. The number of aliphatic hydroxyl groups is 1. The summed E-state index contributed by atoms with van der Waals surface area (Å²) in [7, 11) is 0. The number of hydrogen-bond acceptors (Lipinski definition) is 3. The quantitative estimate of drug-likeness (QED) is 0.750. The van der Waals surface area contributed by atoms with Crippen LogP contribution in [0.4, 0.5) is 8.78 Å². The molecule has 0 radical (unpaired) electrons. The van der Waals surface area contributed by atoms with E-state index in [4.69, 9.17) is 0 Å². The van der Waals surface area contributed by atoms with E-state index in [0.29, 0.717) is 12.6 Å². The van der Waals surface area contributed by atoms with Crippen molar-refractivity contribution in [3.05, 3.63) is 35.4 Å². The standard InChI is InChI=1S/C16H23F2NO2/c1-4-13(5-2)19(8-9-20)11(3)16(21)14-7-6-12(17)10-15(14)18/h6-7,10-11,13,20H,4-5,8-9H2,1-3H3. The van der Waals surface area contributed by atoms with Crippen molar-refractivity contribution in [1.29, 1.82) is 0 Å². The normalized spacial score (nSPS) is 13.0. The second-order valence-electron chi connectivity index (χ2n) is 5.10. The SMILES string of the molecule is CCC(CC)N(CCO)C(C)C(=O)c1ccc(F)cc1F. The van der Waals surface area contributed by atoms with Crippen molar-refractivity contribution in [3.8, 4) is 0 Å². The molecule has 0 saturated carbocycles. The topological polar surface area (TPSA) is 40.5 Å². The molecule has 0 heterocycles. The molecule has 0 aromatic heterocycles. The second kappa shape index (κ2) is 8.20. The third-order valence-electron chi connectivity index (χ3n) is 3.84. The molecule has 1 rings (SSSR count). The predicted octanol–water partition coefficient (Wildman–Crippen LogP) is 3.02. The summed E-state index contributed by atoms with van der Waals surface area (Å²) in [5.74, 6) is -1.95. The average molecular weight is 299 g/mol. The Morgan fingerprint density at radius 1 is 1.29 bits per heavy atom. The molecule has 1 aromatic rings. The number of benzene rings is 1. The Morgan fingerprint density at radius 3 is 2.38 bits per heavy atom. The molecule has 0 bridgehead atoms. The highest BCUT2D eigenvalue weighted by Crippen LogP contribution is 2.18. The molecule has 0 aliphatic rings. The van der Waals surface area contributed by atoms with Gasteiger partial charge in [0.25, 0.3) is 0 Å². The van der Waals surface area contributed by atoms with Crippen molar-refractivity contribution in [2.75, 3.05) is 13.2 Å². The molecule has 0 aliphatic carbocycles. The molecule has 118 valence electrons. The first-order chi connectivity index (χ1) is 9.96. The van der Waals surface area contributed by atoms with Crippen LogP contribution in [0, 0.1) is 11.6 Å². The number of carbonyl (C=O) groups is 1. The molecule has 1 N–H and O–H groups in total. The molecule has 21 heavy (non-hydrogen) atoms. The first kappa shape index (κ1) is 17.7. The van der Waals surface area contributed by atoms with Gasteiger partial charge in [-0.1, -0.05) is 13.8 Å². The van der Waals surface area contributed by atoms with Crippen LogP contribution in [0.15, 0.2) is 18.2 Å². The van der Waals surface area contributed by atoms with Crippen LogP contribution >= 0.6 is 0 Å². The summed E-state index contributed by atoms with van der Waals surface area (Å²) in [4.78, 5) is 14.3. The molecule has 3 nitrogen and oxygen atoms in total. The van der Waals surface area contributed by atoms with Crippen LogP contribution < -0.4 is 0 Å². The van der Waals surface area contributed by atoms with Crippen molar-refractivity contribution in [2.24, 2.45) is 0 Å². The molecule has 1 unspecified atom stereocenters. The van der Waals surface area contributed by atoms with Gasteiger partial charge >= 0.3 is 0 Å². The van der Waals surface area contributed by atoms with E-state index in [2.05, 4.69) is 0 Å². The molecule has 0 amide bonds. The summed E-state index contributed by atoms with van der Waals surface area (Å²) in [6, 6.07) is 2.54. The van der Waals surface area contributed by atoms with E-state index in [1.807, 2.05) is 18.7 Å². The first-order valence-corrected chi connectivity index (χ1v) is 7.32. The number of Topliss-reactive ketones (excluding diaryl/α,β-unsaturated/α-hetero) is 1. The van der Waals surface area contributed by atoms with Crippen molar-refractivity contribution in [3.63, 3.8) is 0 Å². The van der Waals surface area contributed by atoms with E-state index in [1.165, 1.54) is 6.07 Å². The van der Waals surface area contributed by atoms with Gasteiger partial charge in [-0.3, -0.25) is 9.69 Å².